The summed E-state index contributed by atoms with van der Waals surface area (Å²) in [6, 6.07) is 7.98. The third-order valence-electron chi connectivity index (χ3n) is 2.68. The van der Waals surface area contributed by atoms with Crippen molar-refractivity contribution in [2.45, 2.75) is 4.90 Å². The second-order valence-electron chi connectivity index (χ2n) is 4.01. The fraction of sp³-hybridized carbons (Fsp3) is 0.143. The van der Waals surface area contributed by atoms with Crippen LogP contribution in [-0.2, 0) is 10.0 Å². The number of aromatic nitrogens is 1. The van der Waals surface area contributed by atoms with E-state index in [0.29, 0.717) is 17.1 Å². The van der Waals surface area contributed by atoms with E-state index in [-0.39, 0.29) is 4.90 Å². The van der Waals surface area contributed by atoms with E-state index in [1.54, 1.807) is 24.3 Å². The molecule has 0 aliphatic heterocycles. The number of methoxy groups -OCH3 is 2. The van der Waals surface area contributed by atoms with Gasteiger partial charge in [0.15, 0.2) is 11.5 Å². The Morgan fingerprint density at radius 1 is 1.14 bits per heavy atom. The second-order valence-corrected chi connectivity index (χ2v) is 5.65. The van der Waals surface area contributed by atoms with Crippen molar-refractivity contribution >= 4 is 16.2 Å². The van der Waals surface area contributed by atoms with Crippen LogP contribution in [0.4, 0.5) is 0 Å². The first-order valence-electron chi connectivity index (χ1n) is 5.99. The van der Waals surface area contributed by atoms with Crippen LogP contribution in [0.15, 0.2) is 52.0 Å². The number of hydrogen-bond donors (Lipinski definition) is 0. The Morgan fingerprint density at radius 2 is 1.90 bits per heavy atom. The molecule has 21 heavy (non-hydrogen) atoms. The van der Waals surface area contributed by atoms with E-state index in [0.717, 1.165) is 0 Å². The van der Waals surface area contributed by atoms with Gasteiger partial charge in [0.1, 0.15) is 4.90 Å². The van der Waals surface area contributed by atoms with Gasteiger partial charge in [-0.3, -0.25) is 4.98 Å². The SMILES string of the molecule is COc1ccc(C=NS(=O)(=O)c2cccnc2)cc1OC. The molecular formula is C14H14N2O4S. The highest BCUT2D eigenvalue weighted by atomic mass is 32.2. The van der Waals surface area contributed by atoms with Crippen molar-refractivity contribution in [3.63, 3.8) is 0 Å². The van der Waals surface area contributed by atoms with Gasteiger partial charge in [0.05, 0.1) is 14.2 Å². The summed E-state index contributed by atoms with van der Waals surface area (Å²) in [5.41, 5.74) is 0.583. The Hall–Kier alpha value is -2.41. The van der Waals surface area contributed by atoms with Gasteiger partial charge in [-0.2, -0.15) is 12.8 Å². The lowest BCUT2D eigenvalue weighted by Gasteiger charge is -2.07. The van der Waals surface area contributed by atoms with E-state index in [4.69, 9.17) is 9.47 Å². The average Bonchev–Trinajstić information content (AvgIpc) is 2.53. The maximum atomic E-state index is 12.0. The highest BCUT2D eigenvalue weighted by Crippen LogP contribution is 2.27. The number of pyridine rings is 1. The molecule has 0 fully saturated rings. The molecule has 0 bridgehead atoms. The van der Waals surface area contributed by atoms with Gasteiger partial charge in [0, 0.05) is 18.6 Å². The fourth-order valence-electron chi connectivity index (χ4n) is 1.62. The van der Waals surface area contributed by atoms with Crippen molar-refractivity contribution in [1.29, 1.82) is 0 Å². The van der Waals surface area contributed by atoms with E-state index in [1.807, 2.05) is 0 Å². The van der Waals surface area contributed by atoms with E-state index in [2.05, 4.69) is 9.38 Å². The van der Waals surface area contributed by atoms with Gasteiger partial charge in [-0.25, -0.2) is 0 Å². The first-order chi connectivity index (χ1) is 10.1. The molecule has 0 saturated heterocycles. The van der Waals surface area contributed by atoms with Crippen molar-refractivity contribution in [3.8, 4) is 11.5 Å². The summed E-state index contributed by atoms with van der Waals surface area (Å²) in [6.45, 7) is 0. The maximum Gasteiger partial charge on any atom is 0.283 e. The van der Waals surface area contributed by atoms with Crippen LogP contribution in [0.3, 0.4) is 0 Å². The minimum atomic E-state index is -3.76. The van der Waals surface area contributed by atoms with Crippen molar-refractivity contribution in [3.05, 3.63) is 48.3 Å². The summed E-state index contributed by atoms with van der Waals surface area (Å²) >= 11 is 0. The molecule has 0 N–H and O–H groups in total. The highest BCUT2D eigenvalue weighted by Gasteiger charge is 2.11. The van der Waals surface area contributed by atoms with Gasteiger partial charge >= 0.3 is 0 Å². The van der Waals surface area contributed by atoms with Gasteiger partial charge in [-0.05, 0) is 35.9 Å². The van der Waals surface area contributed by atoms with Crippen LogP contribution in [0.25, 0.3) is 0 Å². The van der Waals surface area contributed by atoms with Crippen LogP contribution in [0.2, 0.25) is 0 Å². The molecule has 0 aliphatic rings. The van der Waals surface area contributed by atoms with Gasteiger partial charge in [0.2, 0.25) is 0 Å². The third kappa shape index (κ3) is 3.57. The number of sulfonamides is 1. The summed E-state index contributed by atoms with van der Waals surface area (Å²) < 4.78 is 37.9. The molecule has 0 unspecified atom stereocenters. The predicted octanol–water partition coefficient (Wildman–Crippen LogP) is 1.91. The second kappa shape index (κ2) is 6.36. The van der Waals surface area contributed by atoms with Gasteiger partial charge in [-0.15, -0.1) is 0 Å². The van der Waals surface area contributed by atoms with Crippen molar-refractivity contribution in [2.24, 2.45) is 4.40 Å². The van der Waals surface area contributed by atoms with Crippen molar-refractivity contribution in [1.82, 2.24) is 4.98 Å². The molecule has 0 saturated carbocycles. The van der Waals surface area contributed by atoms with Crippen LogP contribution < -0.4 is 9.47 Å². The normalized spacial score (nSPS) is 11.5. The van der Waals surface area contributed by atoms with E-state index in [1.165, 1.54) is 38.9 Å². The molecule has 0 atom stereocenters. The molecule has 0 aliphatic carbocycles. The third-order valence-corrected chi connectivity index (χ3v) is 3.90. The average molecular weight is 306 g/mol. The molecule has 2 rings (SSSR count). The Morgan fingerprint density at radius 3 is 2.52 bits per heavy atom. The lowest BCUT2D eigenvalue weighted by molar-refractivity contribution is 0.355. The first kappa shape index (κ1) is 15.0. The van der Waals surface area contributed by atoms with Crippen LogP contribution in [-0.4, -0.2) is 33.8 Å². The van der Waals surface area contributed by atoms with Crippen LogP contribution in [0, 0.1) is 0 Å². The number of nitrogens with zero attached hydrogens (tertiary/aromatic N) is 2. The fourth-order valence-corrected chi connectivity index (χ4v) is 2.45. The van der Waals surface area contributed by atoms with Crippen molar-refractivity contribution < 1.29 is 17.9 Å². The number of rotatable bonds is 5. The largest absolute Gasteiger partial charge is 0.493 e. The molecule has 0 radical (unpaired) electrons. The molecule has 7 heteroatoms. The van der Waals surface area contributed by atoms with E-state index >= 15 is 0 Å². The zero-order valence-corrected chi connectivity index (χ0v) is 12.4. The van der Waals surface area contributed by atoms with Gasteiger partial charge in [0.25, 0.3) is 10.0 Å². The minimum Gasteiger partial charge on any atom is -0.493 e. The topological polar surface area (TPSA) is 77.9 Å². The number of ether oxygens (including phenoxy) is 2. The molecule has 110 valence electrons. The minimum absolute atomic E-state index is 0.0433. The Labute approximate surface area is 123 Å². The molecular weight excluding hydrogens is 292 g/mol. The Balaban J connectivity index is 2.29. The smallest absolute Gasteiger partial charge is 0.283 e. The Bertz CT molecular complexity index is 743. The molecule has 1 aromatic carbocycles. The summed E-state index contributed by atoms with van der Waals surface area (Å²) in [4.78, 5) is 3.81. The van der Waals surface area contributed by atoms with Gasteiger partial charge in [-0.1, -0.05) is 0 Å². The van der Waals surface area contributed by atoms with Crippen LogP contribution >= 0.6 is 0 Å². The molecule has 6 nitrogen and oxygen atoms in total. The van der Waals surface area contributed by atoms with E-state index in [9.17, 15) is 8.42 Å². The van der Waals surface area contributed by atoms with Crippen LogP contribution in [0.5, 0.6) is 11.5 Å². The standard InChI is InChI=1S/C14H14N2O4S/c1-19-13-6-5-11(8-14(13)20-2)9-16-21(17,18)12-4-3-7-15-10-12/h3-10H,1-2H3. The van der Waals surface area contributed by atoms with E-state index < -0.39 is 10.0 Å². The predicted molar refractivity (Wildman–Crippen MR) is 78.6 cm³/mol. The van der Waals surface area contributed by atoms with Crippen molar-refractivity contribution in [2.75, 3.05) is 14.2 Å². The zero-order valence-electron chi connectivity index (χ0n) is 11.6. The summed E-state index contributed by atoms with van der Waals surface area (Å²) in [7, 11) is -0.727. The summed E-state index contributed by atoms with van der Waals surface area (Å²) in [5, 5.41) is 0. The zero-order chi connectivity index (χ0) is 15.3. The molecule has 1 heterocycles. The van der Waals surface area contributed by atoms with Gasteiger partial charge < -0.3 is 9.47 Å². The lowest BCUT2D eigenvalue weighted by Crippen LogP contribution is -1.98. The molecule has 0 spiro atoms. The summed E-state index contributed by atoms with van der Waals surface area (Å²) in [6.07, 6.45) is 4.00. The van der Waals surface area contributed by atoms with Crippen LogP contribution in [0.1, 0.15) is 5.56 Å². The highest BCUT2D eigenvalue weighted by molar-refractivity contribution is 7.90. The molecule has 1 aromatic heterocycles. The number of hydrogen-bond acceptors (Lipinski definition) is 5. The number of benzene rings is 1. The monoisotopic (exact) mass is 306 g/mol. The summed E-state index contributed by atoms with van der Waals surface area (Å²) in [5.74, 6) is 1.06. The Kier molecular flexibility index (Phi) is 4.54. The molecule has 0 amide bonds. The maximum absolute atomic E-state index is 12.0. The lowest BCUT2D eigenvalue weighted by atomic mass is 10.2. The molecule has 2 aromatic rings. The quantitative estimate of drug-likeness (QED) is 0.788. The first-order valence-corrected chi connectivity index (χ1v) is 7.43.